The van der Waals surface area contributed by atoms with Gasteiger partial charge in [-0.3, -0.25) is 9.69 Å². The molecule has 2 aliphatic rings. The van der Waals surface area contributed by atoms with E-state index in [0.29, 0.717) is 5.56 Å². The first-order chi connectivity index (χ1) is 12.8. The number of aryl methyl sites for hydroxylation is 1. The van der Waals surface area contributed by atoms with Gasteiger partial charge in [-0.25, -0.2) is 12.8 Å². The first-order valence-corrected chi connectivity index (χ1v) is 10.7. The van der Waals surface area contributed by atoms with Crippen LogP contribution < -0.4 is 4.90 Å². The van der Waals surface area contributed by atoms with Crippen molar-refractivity contribution in [1.82, 2.24) is 4.90 Å². The summed E-state index contributed by atoms with van der Waals surface area (Å²) >= 11 is 0. The van der Waals surface area contributed by atoms with Gasteiger partial charge in [0, 0.05) is 23.8 Å². The highest BCUT2D eigenvalue weighted by molar-refractivity contribution is 7.91. The zero-order valence-electron chi connectivity index (χ0n) is 15.0. The Morgan fingerprint density at radius 1 is 1.07 bits per heavy atom. The lowest BCUT2D eigenvalue weighted by Crippen LogP contribution is -2.61. The van der Waals surface area contributed by atoms with Gasteiger partial charge in [0.25, 0.3) is 0 Å². The van der Waals surface area contributed by atoms with Crippen LogP contribution in [0.2, 0.25) is 0 Å². The Labute approximate surface area is 158 Å². The predicted molar refractivity (Wildman–Crippen MR) is 102 cm³/mol. The number of amides is 1. The van der Waals surface area contributed by atoms with Crippen molar-refractivity contribution in [2.75, 3.05) is 23.0 Å². The summed E-state index contributed by atoms with van der Waals surface area (Å²) in [6.07, 6.45) is 0. The van der Waals surface area contributed by atoms with Crippen LogP contribution >= 0.6 is 0 Å². The second-order valence-corrected chi connectivity index (χ2v) is 9.46. The number of hydrogen-bond donors (Lipinski definition) is 0. The molecule has 5 nitrogen and oxygen atoms in total. The summed E-state index contributed by atoms with van der Waals surface area (Å²) in [6, 6.07) is 13.1. The van der Waals surface area contributed by atoms with E-state index in [9.17, 15) is 17.6 Å². The van der Waals surface area contributed by atoms with E-state index >= 15 is 0 Å². The van der Waals surface area contributed by atoms with Crippen molar-refractivity contribution in [2.24, 2.45) is 0 Å². The number of carbonyl (C=O) groups excluding carboxylic acids is 1. The van der Waals surface area contributed by atoms with Gasteiger partial charge in [-0.15, -0.1) is 0 Å². The van der Waals surface area contributed by atoms with Gasteiger partial charge in [0.05, 0.1) is 24.1 Å². The smallest absolute Gasteiger partial charge is 0.241 e. The van der Waals surface area contributed by atoms with Crippen LogP contribution in [0.3, 0.4) is 0 Å². The molecular formula is C20H21FN2O3S. The molecule has 4 rings (SSSR count). The first kappa shape index (κ1) is 18.1. The third-order valence-electron chi connectivity index (χ3n) is 5.31. The molecule has 2 aromatic rings. The Hall–Kier alpha value is -2.25. The van der Waals surface area contributed by atoms with Gasteiger partial charge in [0.15, 0.2) is 9.84 Å². The minimum atomic E-state index is -3.27. The molecule has 0 saturated carbocycles. The van der Waals surface area contributed by atoms with E-state index in [0.717, 1.165) is 11.3 Å². The zero-order valence-corrected chi connectivity index (χ0v) is 15.8. The van der Waals surface area contributed by atoms with Crippen molar-refractivity contribution in [2.45, 2.75) is 25.6 Å². The molecule has 2 aliphatic heterocycles. The van der Waals surface area contributed by atoms with Gasteiger partial charge in [-0.2, -0.15) is 0 Å². The second kappa shape index (κ2) is 6.73. The summed E-state index contributed by atoms with van der Waals surface area (Å²) in [4.78, 5) is 16.4. The predicted octanol–water partition coefficient (Wildman–Crippen LogP) is 2.15. The van der Waals surface area contributed by atoms with Crippen LogP contribution in [-0.4, -0.2) is 49.4 Å². The molecule has 142 valence electrons. The summed E-state index contributed by atoms with van der Waals surface area (Å²) in [5.41, 5.74) is 2.20. The zero-order chi connectivity index (χ0) is 19.2. The Kier molecular flexibility index (Phi) is 4.52. The number of benzene rings is 2. The van der Waals surface area contributed by atoms with Gasteiger partial charge in [-0.05, 0) is 30.7 Å². The number of fused-ring (bicyclic) bond motifs is 1. The Balaban J connectivity index is 1.69. The molecule has 27 heavy (non-hydrogen) atoms. The second-order valence-electron chi connectivity index (χ2n) is 7.31. The highest BCUT2D eigenvalue weighted by atomic mass is 32.2. The molecule has 2 heterocycles. The maximum absolute atomic E-state index is 14.1. The lowest BCUT2D eigenvalue weighted by atomic mass is 10.0. The average Bonchev–Trinajstić information content (AvgIpc) is 2.92. The van der Waals surface area contributed by atoms with E-state index in [1.165, 1.54) is 6.07 Å². The standard InChI is InChI=1S/C20H21FN2O3S/c1-14-5-4-7-16(9-14)23-19-13-27(25,26)12-18(19)22(11-20(23)24)10-15-6-2-3-8-17(15)21/h2-9,18-19H,10-13H2,1H3. The fourth-order valence-electron chi connectivity index (χ4n) is 4.09. The average molecular weight is 388 g/mol. The van der Waals surface area contributed by atoms with Crippen LogP contribution in [-0.2, 0) is 21.2 Å². The van der Waals surface area contributed by atoms with Crippen molar-refractivity contribution in [3.05, 3.63) is 65.5 Å². The number of hydrogen-bond acceptors (Lipinski definition) is 4. The van der Waals surface area contributed by atoms with Gasteiger partial charge in [0.2, 0.25) is 5.91 Å². The topological polar surface area (TPSA) is 57.7 Å². The summed E-state index contributed by atoms with van der Waals surface area (Å²) in [5, 5.41) is 0. The normalized spacial score (nSPS) is 24.8. The third-order valence-corrected chi connectivity index (χ3v) is 7.01. The van der Waals surface area contributed by atoms with Crippen LogP contribution in [0.15, 0.2) is 48.5 Å². The Morgan fingerprint density at radius 3 is 2.56 bits per heavy atom. The van der Waals surface area contributed by atoms with Crippen LogP contribution in [0.25, 0.3) is 0 Å². The molecule has 2 unspecified atom stereocenters. The number of sulfone groups is 1. The van der Waals surface area contributed by atoms with Gasteiger partial charge < -0.3 is 4.90 Å². The van der Waals surface area contributed by atoms with Crippen molar-refractivity contribution in [3.8, 4) is 0 Å². The molecule has 1 amide bonds. The molecule has 0 bridgehead atoms. The number of rotatable bonds is 3. The fourth-order valence-corrected chi connectivity index (χ4v) is 6.07. The third kappa shape index (κ3) is 3.49. The lowest BCUT2D eigenvalue weighted by Gasteiger charge is -2.43. The number of anilines is 1. The summed E-state index contributed by atoms with van der Waals surface area (Å²) < 4.78 is 38.8. The molecule has 2 aromatic carbocycles. The molecule has 2 fully saturated rings. The van der Waals surface area contributed by atoms with Crippen molar-refractivity contribution in [1.29, 1.82) is 0 Å². The van der Waals surface area contributed by atoms with Crippen LogP contribution in [0, 0.1) is 12.7 Å². The number of carbonyl (C=O) groups is 1. The largest absolute Gasteiger partial charge is 0.306 e. The highest BCUT2D eigenvalue weighted by Crippen LogP contribution is 2.33. The van der Waals surface area contributed by atoms with Gasteiger partial charge in [0.1, 0.15) is 5.82 Å². The first-order valence-electron chi connectivity index (χ1n) is 8.91. The Morgan fingerprint density at radius 2 is 1.81 bits per heavy atom. The molecule has 0 aromatic heterocycles. The number of nitrogens with zero attached hydrogens (tertiary/aromatic N) is 2. The van der Waals surface area contributed by atoms with E-state index in [4.69, 9.17) is 0 Å². The van der Waals surface area contributed by atoms with Gasteiger partial charge >= 0.3 is 0 Å². The molecule has 0 N–H and O–H groups in total. The maximum atomic E-state index is 14.1. The van der Waals surface area contributed by atoms with E-state index in [2.05, 4.69) is 0 Å². The molecule has 0 spiro atoms. The molecule has 0 aliphatic carbocycles. The lowest BCUT2D eigenvalue weighted by molar-refractivity contribution is -0.123. The van der Waals surface area contributed by atoms with Crippen molar-refractivity contribution >= 4 is 21.4 Å². The van der Waals surface area contributed by atoms with E-state index < -0.39 is 15.9 Å². The van der Waals surface area contributed by atoms with Crippen LogP contribution in [0.1, 0.15) is 11.1 Å². The summed E-state index contributed by atoms with van der Waals surface area (Å²) in [6.45, 7) is 2.22. The van der Waals surface area contributed by atoms with E-state index in [-0.39, 0.29) is 42.4 Å². The molecule has 0 radical (unpaired) electrons. The minimum Gasteiger partial charge on any atom is -0.306 e. The van der Waals surface area contributed by atoms with E-state index in [1.807, 2.05) is 36.1 Å². The molecular weight excluding hydrogens is 367 g/mol. The van der Waals surface area contributed by atoms with Crippen LogP contribution in [0.4, 0.5) is 10.1 Å². The maximum Gasteiger partial charge on any atom is 0.241 e. The Bertz CT molecular complexity index is 992. The SMILES string of the molecule is Cc1cccc(N2C(=O)CN(Cc3ccccc3F)C3CS(=O)(=O)CC32)c1. The monoisotopic (exact) mass is 388 g/mol. The molecule has 7 heteroatoms. The highest BCUT2D eigenvalue weighted by Gasteiger charge is 2.49. The minimum absolute atomic E-state index is 0.0122. The number of halogens is 1. The van der Waals surface area contributed by atoms with E-state index in [1.54, 1.807) is 23.1 Å². The number of piperazine rings is 1. The fraction of sp³-hybridized carbons (Fsp3) is 0.350. The summed E-state index contributed by atoms with van der Waals surface area (Å²) in [5.74, 6) is -0.578. The quantitative estimate of drug-likeness (QED) is 0.809. The van der Waals surface area contributed by atoms with Crippen LogP contribution in [0.5, 0.6) is 0 Å². The summed E-state index contributed by atoms with van der Waals surface area (Å²) in [7, 11) is -3.27. The van der Waals surface area contributed by atoms with Crippen molar-refractivity contribution < 1.29 is 17.6 Å². The molecule has 2 saturated heterocycles. The van der Waals surface area contributed by atoms with Gasteiger partial charge in [-0.1, -0.05) is 30.3 Å². The van der Waals surface area contributed by atoms with Crippen molar-refractivity contribution in [3.63, 3.8) is 0 Å². The molecule has 2 atom stereocenters.